The molecule has 0 bridgehead atoms. The van der Waals surface area contributed by atoms with E-state index >= 15 is 0 Å². The third-order valence-corrected chi connectivity index (χ3v) is 3.51. The van der Waals surface area contributed by atoms with Gasteiger partial charge in [0, 0.05) is 31.4 Å². The standard InChI is InChI=1S/C15H23N3O2/c1-3-20-14-13(7-4-8-16-14)10-17-15(19)18-9-5-6-12(2)11-18/h4,7-8,12H,3,5-6,9-11H2,1-2H3,(H,17,19). The summed E-state index contributed by atoms with van der Waals surface area (Å²) in [4.78, 5) is 18.2. The minimum absolute atomic E-state index is 0.00264. The summed E-state index contributed by atoms with van der Waals surface area (Å²) in [5, 5.41) is 2.96. The summed E-state index contributed by atoms with van der Waals surface area (Å²) in [5.41, 5.74) is 0.910. The molecule has 0 aliphatic carbocycles. The van der Waals surface area contributed by atoms with Gasteiger partial charge in [-0.2, -0.15) is 0 Å². The molecule has 0 saturated carbocycles. The van der Waals surface area contributed by atoms with Crippen LogP contribution in [0.2, 0.25) is 0 Å². The molecule has 20 heavy (non-hydrogen) atoms. The van der Waals surface area contributed by atoms with Gasteiger partial charge in [0.05, 0.1) is 6.61 Å². The number of carbonyl (C=O) groups is 1. The van der Waals surface area contributed by atoms with E-state index in [9.17, 15) is 4.79 Å². The molecule has 2 amide bonds. The number of piperidine rings is 1. The first-order valence-corrected chi connectivity index (χ1v) is 7.30. The van der Waals surface area contributed by atoms with Crippen molar-refractivity contribution >= 4 is 6.03 Å². The summed E-state index contributed by atoms with van der Waals surface area (Å²) >= 11 is 0. The van der Waals surface area contributed by atoms with Crippen molar-refractivity contribution in [2.45, 2.75) is 33.2 Å². The first kappa shape index (κ1) is 14.6. The molecule has 1 atom stereocenters. The quantitative estimate of drug-likeness (QED) is 0.919. The second-order valence-corrected chi connectivity index (χ2v) is 5.25. The largest absolute Gasteiger partial charge is 0.478 e. The van der Waals surface area contributed by atoms with E-state index in [1.807, 2.05) is 24.0 Å². The van der Waals surface area contributed by atoms with Gasteiger partial charge in [0.2, 0.25) is 5.88 Å². The maximum Gasteiger partial charge on any atom is 0.317 e. The van der Waals surface area contributed by atoms with Crippen molar-refractivity contribution < 1.29 is 9.53 Å². The zero-order chi connectivity index (χ0) is 14.4. The first-order valence-electron chi connectivity index (χ1n) is 7.30. The van der Waals surface area contributed by atoms with E-state index in [2.05, 4.69) is 17.2 Å². The molecule has 110 valence electrons. The summed E-state index contributed by atoms with van der Waals surface area (Å²) in [6.45, 7) is 6.83. The third-order valence-electron chi connectivity index (χ3n) is 3.51. The predicted molar refractivity (Wildman–Crippen MR) is 77.6 cm³/mol. The Balaban J connectivity index is 1.89. The van der Waals surface area contributed by atoms with Crippen LogP contribution in [0.5, 0.6) is 5.88 Å². The molecular formula is C15H23N3O2. The van der Waals surface area contributed by atoms with Gasteiger partial charge >= 0.3 is 6.03 Å². The fourth-order valence-corrected chi connectivity index (χ4v) is 2.48. The molecule has 5 nitrogen and oxygen atoms in total. The lowest BCUT2D eigenvalue weighted by Gasteiger charge is -2.31. The van der Waals surface area contributed by atoms with Crippen LogP contribution in [0.1, 0.15) is 32.3 Å². The first-order chi connectivity index (χ1) is 9.70. The van der Waals surface area contributed by atoms with Crippen LogP contribution in [0.15, 0.2) is 18.3 Å². The number of nitrogens with zero attached hydrogens (tertiary/aromatic N) is 2. The van der Waals surface area contributed by atoms with Crippen LogP contribution in [-0.2, 0) is 6.54 Å². The predicted octanol–water partition coefficient (Wildman–Crippen LogP) is 2.42. The molecule has 5 heteroatoms. The molecule has 1 N–H and O–H groups in total. The number of amides is 2. The lowest BCUT2D eigenvalue weighted by atomic mass is 10.0. The topological polar surface area (TPSA) is 54.5 Å². The average Bonchev–Trinajstić information content (AvgIpc) is 2.46. The van der Waals surface area contributed by atoms with E-state index in [1.54, 1.807) is 6.20 Å². The van der Waals surface area contributed by atoms with Gasteiger partial charge in [0.15, 0.2) is 0 Å². The minimum Gasteiger partial charge on any atom is -0.478 e. The van der Waals surface area contributed by atoms with E-state index < -0.39 is 0 Å². The highest BCUT2D eigenvalue weighted by Crippen LogP contribution is 2.16. The number of ether oxygens (including phenoxy) is 1. The maximum absolute atomic E-state index is 12.1. The molecule has 1 aliphatic rings. The van der Waals surface area contributed by atoms with Crippen LogP contribution < -0.4 is 10.1 Å². The zero-order valence-corrected chi connectivity index (χ0v) is 12.3. The van der Waals surface area contributed by atoms with Gasteiger partial charge in [-0.1, -0.05) is 13.0 Å². The lowest BCUT2D eigenvalue weighted by molar-refractivity contribution is 0.169. The molecule has 1 aromatic heterocycles. The van der Waals surface area contributed by atoms with Crippen molar-refractivity contribution in [1.82, 2.24) is 15.2 Å². The summed E-state index contributed by atoms with van der Waals surface area (Å²) in [6, 6.07) is 3.78. The molecule has 0 spiro atoms. The molecule has 0 radical (unpaired) electrons. The number of hydrogen-bond acceptors (Lipinski definition) is 3. The van der Waals surface area contributed by atoms with E-state index in [4.69, 9.17) is 4.74 Å². The normalized spacial score (nSPS) is 18.7. The Morgan fingerprint density at radius 1 is 1.60 bits per heavy atom. The number of nitrogens with one attached hydrogen (secondary N) is 1. The number of hydrogen-bond donors (Lipinski definition) is 1. The van der Waals surface area contributed by atoms with E-state index in [-0.39, 0.29) is 6.03 Å². The van der Waals surface area contributed by atoms with E-state index in [0.717, 1.165) is 25.1 Å². The Hall–Kier alpha value is -1.78. The summed E-state index contributed by atoms with van der Waals surface area (Å²) in [7, 11) is 0. The fraction of sp³-hybridized carbons (Fsp3) is 0.600. The lowest BCUT2D eigenvalue weighted by Crippen LogP contribution is -2.44. The van der Waals surface area contributed by atoms with Crippen molar-refractivity contribution in [2.75, 3.05) is 19.7 Å². The van der Waals surface area contributed by atoms with Gasteiger partial charge in [-0.15, -0.1) is 0 Å². The second kappa shape index (κ2) is 7.12. The van der Waals surface area contributed by atoms with Crippen LogP contribution in [0.25, 0.3) is 0 Å². The highest BCUT2D eigenvalue weighted by Gasteiger charge is 2.20. The molecule has 1 fully saturated rings. The van der Waals surface area contributed by atoms with Crippen LogP contribution in [0, 0.1) is 5.92 Å². The van der Waals surface area contributed by atoms with Gasteiger partial charge in [0.1, 0.15) is 0 Å². The average molecular weight is 277 g/mol. The Bertz CT molecular complexity index is 450. The molecule has 1 saturated heterocycles. The van der Waals surface area contributed by atoms with Gasteiger partial charge in [0.25, 0.3) is 0 Å². The SMILES string of the molecule is CCOc1ncccc1CNC(=O)N1CCCC(C)C1. The number of carbonyl (C=O) groups excluding carboxylic acids is 1. The van der Waals surface area contributed by atoms with Crippen LogP contribution in [0.3, 0.4) is 0 Å². The number of pyridine rings is 1. The number of urea groups is 1. The molecule has 1 aromatic rings. The van der Waals surface area contributed by atoms with Crippen LogP contribution >= 0.6 is 0 Å². The fourth-order valence-electron chi connectivity index (χ4n) is 2.48. The molecule has 2 rings (SSSR count). The van der Waals surface area contributed by atoms with Crippen molar-refractivity contribution in [3.8, 4) is 5.88 Å². The number of aromatic nitrogens is 1. The van der Waals surface area contributed by atoms with Gasteiger partial charge in [-0.05, 0) is 31.7 Å². The van der Waals surface area contributed by atoms with Crippen LogP contribution in [-0.4, -0.2) is 35.6 Å². The maximum atomic E-state index is 12.1. The van der Waals surface area contributed by atoms with Crippen molar-refractivity contribution in [2.24, 2.45) is 5.92 Å². The Kier molecular flexibility index (Phi) is 5.21. The monoisotopic (exact) mass is 277 g/mol. The highest BCUT2D eigenvalue weighted by atomic mass is 16.5. The zero-order valence-electron chi connectivity index (χ0n) is 12.3. The molecule has 2 heterocycles. The van der Waals surface area contributed by atoms with Crippen LogP contribution in [0.4, 0.5) is 4.79 Å². The van der Waals surface area contributed by atoms with Gasteiger partial charge in [-0.3, -0.25) is 0 Å². The van der Waals surface area contributed by atoms with E-state index in [0.29, 0.717) is 24.9 Å². The molecular weight excluding hydrogens is 254 g/mol. The van der Waals surface area contributed by atoms with Crippen molar-refractivity contribution in [1.29, 1.82) is 0 Å². The van der Waals surface area contributed by atoms with E-state index in [1.165, 1.54) is 6.42 Å². The summed E-state index contributed by atoms with van der Waals surface area (Å²) < 4.78 is 5.46. The Morgan fingerprint density at radius 2 is 2.45 bits per heavy atom. The Morgan fingerprint density at radius 3 is 3.20 bits per heavy atom. The third kappa shape index (κ3) is 3.85. The molecule has 1 unspecified atom stereocenters. The summed E-state index contributed by atoms with van der Waals surface area (Å²) in [5.74, 6) is 1.19. The van der Waals surface area contributed by atoms with Crippen molar-refractivity contribution in [3.63, 3.8) is 0 Å². The van der Waals surface area contributed by atoms with Crippen molar-refractivity contribution in [3.05, 3.63) is 23.9 Å². The number of rotatable bonds is 4. The molecule has 0 aromatic carbocycles. The number of likely N-dealkylation sites (tertiary alicyclic amines) is 1. The minimum atomic E-state index is 0.00264. The van der Waals surface area contributed by atoms with Gasteiger partial charge in [-0.25, -0.2) is 9.78 Å². The highest BCUT2D eigenvalue weighted by molar-refractivity contribution is 5.74. The second-order valence-electron chi connectivity index (χ2n) is 5.25. The van der Waals surface area contributed by atoms with Gasteiger partial charge < -0.3 is 15.0 Å². The smallest absolute Gasteiger partial charge is 0.317 e. The summed E-state index contributed by atoms with van der Waals surface area (Å²) in [6.07, 6.45) is 4.00. The molecule has 1 aliphatic heterocycles. The Labute approximate surface area is 120 Å².